The Labute approximate surface area is 114 Å². The number of thioether (sulfide) groups is 1. The Morgan fingerprint density at radius 3 is 2.35 bits per heavy atom. The van der Waals surface area contributed by atoms with Crippen molar-refractivity contribution in [2.45, 2.75) is 11.8 Å². The first-order chi connectivity index (χ1) is 8.19. The van der Waals surface area contributed by atoms with E-state index in [1.807, 2.05) is 17.8 Å². The zero-order valence-electron chi connectivity index (χ0n) is 9.48. The van der Waals surface area contributed by atoms with Crippen LogP contribution in [0, 0.1) is 0 Å². The fourth-order valence-electron chi connectivity index (χ4n) is 1.65. The minimum absolute atomic E-state index is 0.279. The highest BCUT2D eigenvalue weighted by atomic mass is 79.9. The molecule has 0 atom stereocenters. The first kappa shape index (κ1) is 12.5. The lowest BCUT2D eigenvalue weighted by Crippen LogP contribution is -1.79. The van der Waals surface area contributed by atoms with E-state index < -0.39 is 0 Å². The molecule has 0 aliphatic rings. The maximum atomic E-state index is 9.56. The van der Waals surface area contributed by atoms with Gasteiger partial charge in [-0.2, -0.15) is 0 Å². The van der Waals surface area contributed by atoms with E-state index >= 15 is 0 Å². The first-order valence-electron chi connectivity index (χ1n) is 5.42. The van der Waals surface area contributed by atoms with E-state index in [2.05, 4.69) is 47.1 Å². The molecule has 0 fully saturated rings. The topological polar surface area (TPSA) is 20.2 Å². The molecule has 0 bridgehead atoms. The molecule has 88 valence electrons. The van der Waals surface area contributed by atoms with Crippen molar-refractivity contribution in [3.8, 4) is 16.9 Å². The van der Waals surface area contributed by atoms with Gasteiger partial charge in [0.05, 0.1) is 0 Å². The standard InChI is InChI=1S/C14H13BrOS/c1-2-17-14-5-3-10(4-6-14)11-7-12(15)9-13(16)8-11/h3-9,16H,2H2,1H3. The van der Waals surface area contributed by atoms with Crippen LogP contribution >= 0.6 is 27.7 Å². The molecular formula is C14H13BrOS. The fraction of sp³-hybridized carbons (Fsp3) is 0.143. The molecule has 0 unspecified atom stereocenters. The molecular weight excluding hydrogens is 296 g/mol. The summed E-state index contributed by atoms with van der Waals surface area (Å²) in [4.78, 5) is 1.27. The molecule has 0 aromatic heterocycles. The van der Waals surface area contributed by atoms with Gasteiger partial charge >= 0.3 is 0 Å². The molecule has 1 N–H and O–H groups in total. The molecule has 0 heterocycles. The Balaban J connectivity index is 2.32. The van der Waals surface area contributed by atoms with E-state index in [1.165, 1.54) is 4.90 Å². The zero-order valence-corrected chi connectivity index (χ0v) is 11.9. The summed E-state index contributed by atoms with van der Waals surface area (Å²) in [6, 6.07) is 13.8. The summed E-state index contributed by atoms with van der Waals surface area (Å²) in [7, 11) is 0. The predicted molar refractivity (Wildman–Crippen MR) is 77.6 cm³/mol. The van der Waals surface area contributed by atoms with E-state index in [-0.39, 0.29) is 5.75 Å². The molecule has 0 spiro atoms. The van der Waals surface area contributed by atoms with Crippen molar-refractivity contribution in [1.82, 2.24) is 0 Å². The van der Waals surface area contributed by atoms with Crippen molar-refractivity contribution in [3.63, 3.8) is 0 Å². The summed E-state index contributed by atoms with van der Waals surface area (Å²) >= 11 is 5.21. The molecule has 1 nitrogen and oxygen atoms in total. The van der Waals surface area contributed by atoms with Crippen molar-refractivity contribution in [2.24, 2.45) is 0 Å². The van der Waals surface area contributed by atoms with Crippen LogP contribution in [0.4, 0.5) is 0 Å². The lowest BCUT2D eigenvalue weighted by molar-refractivity contribution is 0.475. The molecule has 0 aliphatic carbocycles. The van der Waals surface area contributed by atoms with Crippen molar-refractivity contribution < 1.29 is 5.11 Å². The Morgan fingerprint density at radius 2 is 1.76 bits per heavy atom. The van der Waals surface area contributed by atoms with Gasteiger partial charge in [-0.05, 0) is 47.2 Å². The average molecular weight is 309 g/mol. The van der Waals surface area contributed by atoms with Crippen LogP contribution in [0.5, 0.6) is 5.75 Å². The number of hydrogen-bond acceptors (Lipinski definition) is 2. The molecule has 2 rings (SSSR count). The molecule has 0 saturated heterocycles. The van der Waals surface area contributed by atoms with Crippen LogP contribution in [-0.2, 0) is 0 Å². The average Bonchev–Trinajstić information content (AvgIpc) is 2.29. The van der Waals surface area contributed by atoms with Crippen LogP contribution in [0.3, 0.4) is 0 Å². The van der Waals surface area contributed by atoms with E-state index in [1.54, 1.807) is 12.1 Å². The third-order valence-corrected chi connectivity index (χ3v) is 3.73. The normalized spacial score (nSPS) is 10.5. The predicted octanol–water partition coefficient (Wildman–Crippen LogP) is 4.93. The molecule has 0 saturated carbocycles. The summed E-state index contributed by atoms with van der Waals surface area (Å²) in [6.45, 7) is 2.14. The van der Waals surface area contributed by atoms with E-state index in [0.29, 0.717) is 0 Å². The number of hydrogen-bond donors (Lipinski definition) is 1. The van der Waals surface area contributed by atoms with Crippen molar-refractivity contribution >= 4 is 27.7 Å². The second kappa shape index (κ2) is 5.61. The van der Waals surface area contributed by atoms with Gasteiger partial charge in [0.2, 0.25) is 0 Å². The van der Waals surface area contributed by atoms with E-state index in [4.69, 9.17) is 0 Å². The lowest BCUT2D eigenvalue weighted by atomic mass is 10.1. The smallest absolute Gasteiger partial charge is 0.117 e. The Morgan fingerprint density at radius 1 is 1.06 bits per heavy atom. The van der Waals surface area contributed by atoms with Gasteiger partial charge in [-0.1, -0.05) is 35.0 Å². The first-order valence-corrected chi connectivity index (χ1v) is 7.19. The second-order valence-electron chi connectivity index (χ2n) is 3.66. The molecule has 0 radical (unpaired) electrons. The van der Waals surface area contributed by atoms with Crippen molar-refractivity contribution in [1.29, 1.82) is 0 Å². The van der Waals surface area contributed by atoms with Crippen LogP contribution in [0.25, 0.3) is 11.1 Å². The number of aromatic hydroxyl groups is 1. The fourth-order valence-corrected chi connectivity index (χ4v) is 2.79. The number of benzene rings is 2. The van der Waals surface area contributed by atoms with E-state index in [9.17, 15) is 5.11 Å². The molecule has 0 aliphatic heterocycles. The molecule has 3 heteroatoms. The van der Waals surface area contributed by atoms with Crippen LogP contribution in [0.1, 0.15) is 6.92 Å². The molecule has 2 aromatic rings. The lowest BCUT2D eigenvalue weighted by Gasteiger charge is -2.05. The van der Waals surface area contributed by atoms with Crippen LogP contribution < -0.4 is 0 Å². The zero-order chi connectivity index (χ0) is 12.3. The number of halogens is 1. The van der Waals surface area contributed by atoms with Gasteiger partial charge in [-0.3, -0.25) is 0 Å². The van der Waals surface area contributed by atoms with Gasteiger partial charge in [0.15, 0.2) is 0 Å². The van der Waals surface area contributed by atoms with Gasteiger partial charge in [-0.25, -0.2) is 0 Å². The van der Waals surface area contributed by atoms with Crippen molar-refractivity contribution in [2.75, 3.05) is 5.75 Å². The van der Waals surface area contributed by atoms with Crippen molar-refractivity contribution in [3.05, 3.63) is 46.9 Å². The SMILES string of the molecule is CCSc1ccc(-c2cc(O)cc(Br)c2)cc1. The van der Waals surface area contributed by atoms with Crippen LogP contribution in [-0.4, -0.2) is 10.9 Å². The van der Waals surface area contributed by atoms with Gasteiger partial charge in [0.25, 0.3) is 0 Å². The summed E-state index contributed by atoms with van der Waals surface area (Å²) in [5.41, 5.74) is 2.13. The summed E-state index contributed by atoms with van der Waals surface area (Å²) in [5.74, 6) is 1.36. The highest BCUT2D eigenvalue weighted by molar-refractivity contribution is 9.10. The maximum absolute atomic E-state index is 9.56. The van der Waals surface area contributed by atoms with Gasteiger partial charge in [0.1, 0.15) is 5.75 Å². The third kappa shape index (κ3) is 3.27. The number of phenols is 1. The molecule has 0 amide bonds. The number of rotatable bonds is 3. The Kier molecular flexibility index (Phi) is 4.13. The van der Waals surface area contributed by atoms with Gasteiger partial charge in [0, 0.05) is 9.37 Å². The summed E-state index contributed by atoms with van der Waals surface area (Å²) < 4.78 is 0.888. The number of phenolic OH excluding ortho intramolecular Hbond substituents is 1. The Hall–Kier alpha value is -0.930. The molecule has 17 heavy (non-hydrogen) atoms. The highest BCUT2D eigenvalue weighted by Gasteiger charge is 2.01. The maximum Gasteiger partial charge on any atom is 0.117 e. The minimum atomic E-state index is 0.279. The van der Waals surface area contributed by atoms with E-state index in [0.717, 1.165) is 21.4 Å². The van der Waals surface area contributed by atoms with Gasteiger partial charge in [-0.15, -0.1) is 11.8 Å². The minimum Gasteiger partial charge on any atom is -0.508 e. The monoisotopic (exact) mass is 308 g/mol. The van der Waals surface area contributed by atoms with Crippen LogP contribution in [0.2, 0.25) is 0 Å². The quantitative estimate of drug-likeness (QED) is 0.811. The van der Waals surface area contributed by atoms with Gasteiger partial charge < -0.3 is 5.11 Å². The van der Waals surface area contributed by atoms with Crippen LogP contribution in [0.15, 0.2) is 51.8 Å². The third-order valence-electron chi connectivity index (χ3n) is 2.38. The second-order valence-corrected chi connectivity index (χ2v) is 5.91. The highest BCUT2D eigenvalue weighted by Crippen LogP contribution is 2.29. The summed E-state index contributed by atoms with van der Waals surface area (Å²) in [5, 5.41) is 9.56. The largest absolute Gasteiger partial charge is 0.508 e. The molecule has 2 aromatic carbocycles. The summed E-state index contributed by atoms with van der Waals surface area (Å²) in [6.07, 6.45) is 0. The Bertz CT molecular complexity index is 488.